The summed E-state index contributed by atoms with van der Waals surface area (Å²) in [4.78, 5) is 30.3. The summed E-state index contributed by atoms with van der Waals surface area (Å²) in [7, 11) is 3.24. The van der Waals surface area contributed by atoms with E-state index < -0.39 is 12.1 Å². The van der Waals surface area contributed by atoms with Gasteiger partial charge in [-0.3, -0.25) is 9.59 Å². The number of fused-ring (bicyclic) bond motifs is 4. The predicted molar refractivity (Wildman–Crippen MR) is 108 cm³/mol. The number of hydrogen-bond donors (Lipinski definition) is 0. The molecule has 3 aliphatic heterocycles. The van der Waals surface area contributed by atoms with Gasteiger partial charge in [-0.1, -0.05) is 42.5 Å². The standard InChI is InChI=1S/C23H26N2O4/c1-28-18-10-8-17(9-11-18)15-25-21-20(29-2)13-12-19(22(25)26)24(23(21)27)14-16-6-4-3-5-7-16/h3-11,19-21H,12-15H2,1-2H3/t19-,20-,21-/m0/s1. The monoisotopic (exact) mass is 394 g/mol. The van der Waals surface area contributed by atoms with Crippen LogP contribution in [0.25, 0.3) is 0 Å². The van der Waals surface area contributed by atoms with Gasteiger partial charge in [0.05, 0.1) is 13.2 Å². The molecule has 3 aliphatic rings. The summed E-state index contributed by atoms with van der Waals surface area (Å²) in [6, 6.07) is 16.4. The maximum Gasteiger partial charge on any atom is 0.249 e. The van der Waals surface area contributed by atoms with Crippen molar-refractivity contribution < 1.29 is 19.1 Å². The number of nitrogens with zero attached hydrogens (tertiary/aromatic N) is 2. The molecular formula is C23H26N2O4. The van der Waals surface area contributed by atoms with Crippen LogP contribution in [0.15, 0.2) is 54.6 Å². The number of amides is 2. The van der Waals surface area contributed by atoms with Gasteiger partial charge in [-0.05, 0) is 36.1 Å². The fourth-order valence-corrected chi connectivity index (χ4v) is 4.36. The molecule has 2 bridgehead atoms. The molecule has 6 heteroatoms. The molecule has 0 aliphatic carbocycles. The highest BCUT2D eigenvalue weighted by Crippen LogP contribution is 2.33. The van der Waals surface area contributed by atoms with E-state index in [9.17, 15) is 9.59 Å². The fraction of sp³-hybridized carbons (Fsp3) is 0.391. The molecule has 2 amide bonds. The Morgan fingerprint density at radius 3 is 2.14 bits per heavy atom. The van der Waals surface area contributed by atoms with Gasteiger partial charge >= 0.3 is 0 Å². The van der Waals surface area contributed by atoms with Gasteiger partial charge < -0.3 is 19.3 Å². The molecule has 0 N–H and O–H groups in total. The molecule has 6 nitrogen and oxygen atoms in total. The largest absolute Gasteiger partial charge is 0.497 e. The molecule has 0 radical (unpaired) electrons. The van der Waals surface area contributed by atoms with Gasteiger partial charge in [0.1, 0.15) is 17.8 Å². The Labute approximate surface area is 171 Å². The van der Waals surface area contributed by atoms with E-state index in [1.54, 1.807) is 24.0 Å². The number of hydrogen-bond acceptors (Lipinski definition) is 4. The Bertz CT molecular complexity index is 868. The van der Waals surface area contributed by atoms with E-state index in [4.69, 9.17) is 9.47 Å². The van der Waals surface area contributed by atoms with Gasteiger partial charge in [-0.15, -0.1) is 0 Å². The average Bonchev–Trinajstić information content (AvgIpc) is 2.97. The number of methoxy groups -OCH3 is 2. The Kier molecular flexibility index (Phi) is 5.53. The minimum absolute atomic E-state index is 0.000833. The van der Waals surface area contributed by atoms with Gasteiger partial charge in [0.2, 0.25) is 11.8 Å². The van der Waals surface area contributed by atoms with E-state index in [2.05, 4.69) is 0 Å². The summed E-state index contributed by atoms with van der Waals surface area (Å²) in [6.07, 6.45) is 1.01. The smallest absolute Gasteiger partial charge is 0.249 e. The van der Waals surface area contributed by atoms with E-state index in [1.807, 2.05) is 54.6 Å². The molecule has 3 fully saturated rings. The number of carbonyl (C=O) groups is 2. The van der Waals surface area contributed by atoms with Crippen LogP contribution in [-0.4, -0.2) is 54.0 Å². The van der Waals surface area contributed by atoms with Crippen molar-refractivity contribution in [2.24, 2.45) is 0 Å². The van der Waals surface area contributed by atoms with Crippen molar-refractivity contribution in [2.45, 2.75) is 44.1 Å². The van der Waals surface area contributed by atoms with E-state index in [1.165, 1.54) is 0 Å². The second-order valence-electron chi connectivity index (χ2n) is 7.58. The lowest BCUT2D eigenvalue weighted by Crippen LogP contribution is -2.64. The van der Waals surface area contributed by atoms with Crippen molar-refractivity contribution >= 4 is 11.8 Å². The third kappa shape index (κ3) is 3.72. The number of ether oxygens (including phenoxy) is 2. The molecule has 3 atom stereocenters. The van der Waals surface area contributed by atoms with Crippen molar-refractivity contribution in [2.75, 3.05) is 14.2 Å². The van der Waals surface area contributed by atoms with Gasteiger partial charge in [-0.2, -0.15) is 0 Å². The molecule has 0 saturated carbocycles. The van der Waals surface area contributed by atoms with Gasteiger partial charge in [0.25, 0.3) is 0 Å². The van der Waals surface area contributed by atoms with E-state index >= 15 is 0 Å². The quantitative estimate of drug-likeness (QED) is 0.756. The van der Waals surface area contributed by atoms with Crippen LogP contribution in [0.4, 0.5) is 0 Å². The number of piperazine rings is 1. The minimum atomic E-state index is -0.600. The van der Waals surface area contributed by atoms with Gasteiger partial charge in [0, 0.05) is 20.2 Å². The van der Waals surface area contributed by atoms with Crippen LogP contribution >= 0.6 is 0 Å². The van der Waals surface area contributed by atoms with Crippen LogP contribution in [-0.2, 0) is 27.4 Å². The van der Waals surface area contributed by atoms with Crippen molar-refractivity contribution in [3.05, 3.63) is 65.7 Å². The molecule has 2 aromatic carbocycles. The molecule has 5 rings (SSSR count). The van der Waals surface area contributed by atoms with E-state index in [0.29, 0.717) is 25.9 Å². The fourth-order valence-electron chi connectivity index (χ4n) is 4.36. The van der Waals surface area contributed by atoms with Crippen LogP contribution < -0.4 is 4.74 Å². The molecule has 0 unspecified atom stereocenters. The van der Waals surface area contributed by atoms with Crippen molar-refractivity contribution in [3.8, 4) is 5.75 Å². The van der Waals surface area contributed by atoms with Crippen molar-refractivity contribution in [3.63, 3.8) is 0 Å². The normalized spacial score (nSPS) is 24.0. The first kappa shape index (κ1) is 19.5. The van der Waals surface area contributed by atoms with Crippen LogP contribution in [0.5, 0.6) is 5.75 Å². The third-order valence-electron chi connectivity index (χ3n) is 5.90. The van der Waals surface area contributed by atoms with Crippen molar-refractivity contribution in [1.82, 2.24) is 9.80 Å². The highest BCUT2D eigenvalue weighted by molar-refractivity contribution is 5.98. The number of carbonyl (C=O) groups excluding carboxylic acids is 2. The molecule has 3 saturated heterocycles. The molecule has 152 valence electrons. The lowest BCUT2D eigenvalue weighted by molar-refractivity contribution is -0.165. The minimum Gasteiger partial charge on any atom is -0.497 e. The Balaban J connectivity index is 1.62. The van der Waals surface area contributed by atoms with Crippen LogP contribution in [0.2, 0.25) is 0 Å². The van der Waals surface area contributed by atoms with Gasteiger partial charge in [0.15, 0.2) is 0 Å². The first-order chi connectivity index (χ1) is 14.1. The molecule has 0 spiro atoms. The summed E-state index contributed by atoms with van der Waals surface area (Å²) in [6.45, 7) is 0.828. The SMILES string of the molecule is COc1ccc(CN2C(=O)[C@@H]3CC[C@H](OC)[C@H]2C(=O)N3Cc2ccccc2)cc1. The highest BCUT2D eigenvalue weighted by Gasteiger charge is 2.51. The maximum absolute atomic E-state index is 13.5. The molecule has 29 heavy (non-hydrogen) atoms. The average molecular weight is 394 g/mol. The van der Waals surface area contributed by atoms with Crippen LogP contribution in [0.3, 0.4) is 0 Å². The molecule has 0 aromatic heterocycles. The van der Waals surface area contributed by atoms with Crippen LogP contribution in [0.1, 0.15) is 24.0 Å². The second kappa shape index (κ2) is 8.25. The lowest BCUT2D eigenvalue weighted by atomic mass is 10.0. The zero-order valence-corrected chi connectivity index (χ0v) is 16.8. The number of rotatable bonds is 6. The Hall–Kier alpha value is -2.86. The third-order valence-corrected chi connectivity index (χ3v) is 5.90. The van der Waals surface area contributed by atoms with Crippen LogP contribution in [0, 0.1) is 0 Å². The molecule has 3 heterocycles. The molecular weight excluding hydrogens is 368 g/mol. The Morgan fingerprint density at radius 1 is 0.828 bits per heavy atom. The zero-order chi connectivity index (χ0) is 20.4. The summed E-state index contributed by atoms with van der Waals surface area (Å²) in [5.74, 6) is 0.731. The van der Waals surface area contributed by atoms with Gasteiger partial charge in [-0.25, -0.2) is 0 Å². The first-order valence-electron chi connectivity index (χ1n) is 9.93. The summed E-state index contributed by atoms with van der Waals surface area (Å²) in [5, 5.41) is 0. The summed E-state index contributed by atoms with van der Waals surface area (Å²) < 4.78 is 10.9. The van der Waals surface area contributed by atoms with E-state index in [-0.39, 0.29) is 17.9 Å². The van der Waals surface area contributed by atoms with Crippen molar-refractivity contribution in [1.29, 1.82) is 0 Å². The summed E-state index contributed by atoms with van der Waals surface area (Å²) in [5.41, 5.74) is 1.99. The maximum atomic E-state index is 13.5. The second-order valence-corrected chi connectivity index (χ2v) is 7.58. The highest BCUT2D eigenvalue weighted by atomic mass is 16.5. The predicted octanol–water partition coefficient (Wildman–Crippen LogP) is 2.61. The zero-order valence-electron chi connectivity index (χ0n) is 16.8. The van der Waals surface area contributed by atoms with E-state index in [0.717, 1.165) is 16.9 Å². The first-order valence-corrected chi connectivity index (χ1v) is 9.93. The number of benzene rings is 2. The molecule has 2 aromatic rings. The Morgan fingerprint density at radius 2 is 1.48 bits per heavy atom. The summed E-state index contributed by atoms with van der Waals surface area (Å²) >= 11 is 0. The topological polar surface area (TPSA) is 59.1 Å². The lowest BCUT2D eigenvalue weighted by Gasteiger charge is -2.44.